The predicted octanol–water partition coefficient (Wildman–Crippen LogP) is 4.10. The fourth-order valence-electron chi connectivity index (χ4n) is 3.10. The molecule has 0 aliphatic heterocycles. The molecule has 2 aromatic heterocycles. The van der Waals surface area contributed by atoms with Crippen molar-refractivity contribution >= 4 is 39.8 Å². The zero-order valence-corrected chi connectivity index (χ0v) is 16.6. The summed E-state index contributed by atoms with van der Waals surface area (Å²) in [6, 6.07) is -0.381. The van der Waals surface area contributed by atoms with Gasteiger partial charge in [-0.15, -0.1) is 11.3 Å². The van der Waals surface area contributed by atoms with Gasteiger partial charge in [0.15, 0.2) is 5.13 Å². The number of anilines is 1. The Morgan fingerprint density at radius 3 is 2.65 bits per heavy atom. The third kappa shape index (κ3) is 4.04. The second-order valence-electron chi connectivity index (χ2n) is 6.75. The molecular formula is C17H22N4O3S2. The van der Waals surface area contributed by atoms with E-state index in [1.54, 1.807) is 6.20 Å². The van der Waals surface area contributed by atoms with Crippen LogP contribution in [0, 0.1) is 0 Å². The first-order valence-corrected chi connectivity index (χ1v) is 10.2. The highest BCUT2D eigenvalue weighted by Gasteiger charge is 2.29. The summed E-state index contributed by atoms with van der Waals surface area (Å²) in [4.78, 5) is 33.8. The Kier molecular flexibility index (Phi) is 5.57. The molecular weight excluding hydrogens is 372 g/mol. The number of hydrogen-bond donors (Lipinski definition) is 2. The lowest BCUT2D eigenvalue weighted by atomic mass is 10.0. The standard InChI is InChI=1S/C17H22N4O3S2/c1-17(2,14-18-8-9-25-14)21-15(23)20-16-19-11(10-6-4-5-7-10)12(26-16)13(22)24-3/h8-10H,4-7H2,1-3H3,(H2,19,20,21,23). The van der Waals surface area contributed by atoms with Crippen LogP contribution in [-0.2, 0) is 10.3 Å². The fourth-order valence-corrected chi connectivity index (χ4v) is 4.78. The molecule has 3 rings (SSSR count). The Hall–Kier alpha value is -2.00. The third-order valence-corrected chi connectivity index (χ3v) is 6.44. The number of urea groups is 1. The molecule has 26 heavy (non-hydrogen) atoms. The molecule has 2 N–H and O–H groups in total. The zero-order chi connectivity index (χ0) is 18.7. The second kappa shape index (κ2) is 7.71. The van der Waals surface area contributed by atoms with Crippen molar-refractivity contribution in [2.24, 2.45) is 0 Å². The van der Waals surface area contributed by atoms with Crippen molar-refractivity contribution in [1.29, 1.82) is 0 Å². The van der Waals surface area contributed by atoms with Gasteiger partial charge in [-0.1, -0.05) is 24.2 Å². The van der Waals surface area contributed by atoms with E-state index in [0.29, 0.717) is 10.0 Å². The van der Waals surface area contributed by atoms with Crippen LogP contribution in [-0.4, -0.2) is 29.1 Å². The highest BCUT2D eigenvalue weighted by Crippen LogP contribution is 2.38. The molecule has 0 radical (unpaired) electrons. The summed E-state index contributed by atoms with van der Waals surface area (Å²) < 4.78 is 4.88. The summed E-state index contributed by atoms with van der Waals surface area (Å²) >= 11 is 2.64. The van der Waals surface area contributed by atoms with Crippen molar-refractivity contribution in [1.82, 2.24) is 15.3 Å². The van der Waals surface area contributed by atoms with Crippen molar-refractivity contribution in [3.63, 3.8) is 0 Å². The number of nitrogens with one attached hydrogen (secondary N) is 2. The van der Waals surface area contributed by atoms with Gasteiger partial charge in [-0.3, -0.25) is 5.32 Å². The maximum Gasteiger partial charge on any atom is 0.350 e. The van der Waals surface area contributed by atoms with Crippen molar-refractivity contribution in [2.45, 2.75) is 51.0 Å². The Morgan fingerprint density at radius 2 is 2.04 bits per heavy atom. The lowest BCUT2D eigenvalue weighted by Gasteiger charge is -2.23. The van der Waals surface area contributed by atoms with Crippen LogP contribution in [0.5, 0.6) is 0 Å². The molecule has 0 saturated heterocycles. The van der Waals surface area contributed by atoms with E-state index in [-0.39, 0.29) is 11.9 Å². The summed E-state index contributed by atoms with van der Waals surface area (Å²) in [5, 5.41) is 8.73. The SMILES string of the molecule is COC(=O)c1sc(NC(=O)NC(C)(C)c2nccs2)nc1C1CCCC1. The van der Waals surface area contributed by atoms with Crippen LogP contribution in [0.25, 0.3) is 0 Å². The minimum Gasteiger partial charge on any atom is -0.465 e. The van der Waals surface area contributed by atoms with Crippen LogP contribution in [0.4, 0.5) is 9.93 Å². The number of nitrogens with zero attached hydrogens (tertiary/aromatic N) is 2. The van der Waals surface area contributed by atoms with E-state index in [2.05, 4.69) is 20.6 Å². The first kappa shape index (κ1) is 18.8. The highest BCUT2D eigenvalue weighted by atomic mass is 32.1. The van der Waals surface area contributed by atoms with Crippen LogP contribution in [0.15, 0.2) is 11.6 Å². The van der Waals surface area contributed by atoms with Crippen LogP contribution in [0.3, 0.4) is 0 Å². The average Bonchev–Trinajstić information content (AvgIpc) is 3.33. The number of amides is 2. The molecule has 7 nitrogen and oxygen atoms in total. The van der Waals surface area contributed by atoms with E-state index in [1.165, 1.54) is 18.4 Å². The van der Waals surface area contributed by atoms with E-state index in [0.717, 1.165) is 47.7 Å². The van der Waals surface area contributed by atoms with E-state index < -0.39 is 11.5 Å². The molecule has 1 aliphatic carbocycles. The molecule has 0 aromatic carbocycles. The predicted molar refractivity (Wildman–Crippen MR) is 102 cm³/mol. The van der Waals surface area contributed by atoms with Crippen molar-refractivity contribution in [3.8, 4) is 0 Å². The summed E-state index contributed by atoms with van der Waals surface area (Å²) in [6.45, 7) is 3.77. The second-order valence-corrected chi connectivity index (χ2v) is 8.64. The molecule has 1 aliphatic rings. The van der Waals surface area contributed by atoms with Gasteiger partial charge in [0.1, 0.15) is 9.88 Å². The van der Waals surface area contributed by atoms with Crippen LogP contribution < -0.4 is 10.6 Å². The molecule has 1 saturated carbocycles. The van der Waals surface area contributed by atoms with Gasteiger partial charge >= 0.3 is 12.0 Å². The van der Waals surface area contributed by atoms with Crippen molar-refractivity contribution in [2.75, 3.05) is 12.4 Å². The number of esters is 1. The van der Waals surface area contributed by atoms with Gasteiger partial charge in [0.2, 0.25) is 0 Å². The van der Waals surface area contributed by atoms with Crippen LogP contribution in [0.1, 0.15) is 65.8 Å². The molecule has 1 fully saturated rings. The minimum absolute atomic E-state index is 0.255. The molecule has 140 valence electrons. The minimum atomic E-state index is -0.602. The number of carbonyl (C=O) groups excluding carboxylic acids is 2. The van der Waals surface area contributed by atoms with Gasteiger partial charge in [-0.2, -0.15) is 0 Å². The molecule has 0 unspecified atom stereocenters. The molecule has 0 spiro atoms. The van der Waals surface area contributed by atoms with Gasteiger partial charge in [0.25, 0.3) is 0 Å². The molecule has 2 aromatic rings. The lowest BCUT2D eigenvalue weighted by Crippen LogP contribution is -2.43. The van der Waals surface area contributed by atoms with Crippen LogP contribution in [0.2, 0.25) is 0 Å². The smallest absolute Gasteiger partial charge is 0.350 e. The molecule has 2 amide bonds. The summed E-state index contributed by atoms with van der Waals surface area (Å²) in [5.41, 5.74) is 0.142. The molecule has 9 heteroatoms. The van der Waals surface area contributed by atoms with E-state index in [4.69, 9.17) is 4.74 Å². The quantitative estimate of drug-likeness (QED) is 0.745. The number of rotatable bonds is 5. The fraction of sp³-hybridized carbons (Fsp3) is 0.529. The van der Waals surface area contributed by atoms with Crippen LogP contribution >= 0.6 is 22.7 Å². The Morgan fingerprint density at radius 1 is 1.31 bits per heavy atom. The maximum atomic E-state index is 12.4. The average molecular weight is 395 g/mol. The number of methoxy groups -OCH3 is 1. The van der Waals surface area contributed by atoms with E-state index in [1.807, 2.05) is 19.2 Å². The Bertz CT molecular complexity index is 780. The number of thiazole rings is 2. The van der Waals surface area contributed by atoms with Gasteiger partial charge in [-0.05, 0) is 26.7 Å². The number of hydrogen-bond acceptors (Lipinski definition) is 7. The summed E-state index contributed by atoms with van der Waals surface area (Å²) in [5.74, 6) is -0.147. The zero-order valence-electron chi connectivity index (χ0n) is 15.0. The lowest BCUT2D eigenvalue weighted by molar-refractivity contribution is 0.0604. The van der Waals surface area contributed by atoms with Gasteiger partial charge in [0, 0.05) is 17.5 Å². The Balaban J connectivity index is 1.74. The Labute approximate surface area is 160 Å². The number of ether oxygens (including phenoxy) is 1. The normalized spacial score (nSPS) is 15.0. The first-order valence-electron chi connectivity index (χ1n) is 8.49. The maximum absolute atomic E-state index is 12.4. The van der Waals surface area contributed by atoms with Gasteiger partial charge in [0.05, 0.1) is 18.3 Å². The van der Waals surface area contributed by atoms with E-state index in [9.17, 15) is 9.59 Å². The molecule has 2 heterocycles. The van der Waals surface area contributed by atoms with Crippen molar-refractivity contribution in [3.05, 3.63) is 27.2 Å². The first-order chi connectivity index (χ1) is 12.4. The molecule has 0 bridgehead atoms. The summed E-state index contributed by atoms with van der Waals surface area (Å²) in [6.07, 6.45) is 5.99. The monoisotopic (exact) mass is 394 g/mol. The van der Waals surface area contributed by atoms with E-state index >= 15 is 0 Å². The van der Waals surface area contributed by atoms with Gasteiger partial charge in [-0.25, -0.2) is 19.6 Å². The summed E-state index contributed by atoms with van der Waals surface area (Å²) in [7, 11) is 1.36. The molecule has 0 atom stereocenters. The topological polar surface area (TPSA) is 93.2 Å². The highest BCUT2D eigenvalue weighted by molar-refractivity contribution is 7.17. The third-order valence-electron chi connectivity index (χ3n) is 4.38. The van der Waals surface area contributed by atoms with Crippen molar-refractivity contribution < 1.29 is 14.3 Å². The largest absolute Gasteiger partial charge is 0.465 e. The van der Waals surface area contributed by atoms with Gasteiger partial charge < -0.3 is 10.1 Å². The number of carbonyl (C=O) groups is 2. The number of aromatic nitrogens is 2.